The molecule has 0 saturated carbocycles. The van der Waals surface area contributed by atoms with Gasteiger partial charge in [-0.2, -0.15) is 0 Å². The van der Waals surface area contributed by atoms with E-state index in [0.29, 0.717) is 17.1 Å². The van der Waals surface area contributed by atoms with Crippen molar-refractivity contribution in [2.75, 3.05) is 5.32 Å². The summed E-state index contributed by atoms with van der Waals surface area (Å²) in [5, 5.41) is 24.7. The third kappa shape index (κ3) is 3.83. The molecular formula is C16H14N6O3. The van der Waals surface area contributed by atoms with E-state index in [-0.39, 0.29) is 18.0 Å². The Hall–Kier alpha value is -3.62. The highest BCUT2D eigenvalue weighted by Crippen LogP contribution is 2.20. The summed E-state index contributed by atoms with van der Waals surface area (Å²) in [6, 6.07) is 13.1. The molecule has 0 aliphatic carbocycles. The largest absolute Gasteiger partial charge is 0.326 e. The van der Waals surface area contributed by atoms with Crippen molar-refractivity contribution in [3.05, 3.63) is 64.2 Å². The molecule has 3 aromatic rings. The number of nitrogens with one attached hydrogen (secondary N) is 1. The third-order valence-electron chi connectivity index (χ3n) is 3.54. The Kier molecular flexibility index (Phi) is 4.46. The van der Waals surface area contributed by atoms with Crippen LogP contribution in [0.3, 0.4) is 0 Å². The number of anilines is 1. The number of non-ortho nitro benzene ring substituents is 1. The molecule has 25 heavy (non-hydrogen) atoms. The van der Waals surface area contributed by atoms with Gasteiger partial charge in [-0.3, -0.25) is 14.9 Å². The number of aryl methyl sites for hydroxylation is 1. The first-order valence-corrected chi connectivity index (χ1v) is 7.39. The summed E-state index contributed by atoms with van der Waals surface area (Å²) in [6.45, 7) is 0. The molecule has 0 bridgehead atoms. The van der Waals surface area contributed by atoms with E-state index in [2.05, 4.69) is 20.8 Å². The van der Waals surface area contributed by atoms with Gasteiger partial charge >= 0.3 is 0 Å². The van der Waals surface area contributed by atoms with Crippen LogP contribution in [0.2, 0.25) is 0 Å². The first-order chi connectivity index (χ1) is 12.0. The van der Waals surface area contributed by atoms with Crippen LogP contribution in [-0.2, 0) is 18.3 Å². The quantitative estimate of drug-likeness (QED) is 0.561. The molecule has 0 unspecified atom stereocenters. The van der Waals surface area contributed by atoms with Gasteiger partial charge in [0.05, 0.1) is 11.3 Å². The highest BCUT2D eigenvalue weighted by atomic mass is 16.6. The van der Waals surface area contributed by atoms with Crippen LogP contribution >= 0.6 is 0 Å². The van der Waals surface area contributed by atoms with E-state index < -0.39 is 4.92 Å². The number of hydrogen-bond donors (Lipinski definition) is 1. The van der Waals surface area contributed by atoms with Gasteiger partial charge in [0, 0.05) is 30.4 Å². The number of nitro benzene ring substituents is 1. The van der Waals surface area contributed by atoms with Gasteiger partial charge in [-0.25, -0.2) is 4.68 Å². The lowest BCUT2D eigenvalue weighted by molar-refractivity contribution is -0.384. The van der Waals surface area contributed by atoms with Crippen molar-refractivity contribution in [2.45, 2.75) is 6.42 Å². The average molecular weight is 338 g/mol. The molecule has 0 spiro atoms. The van der Waals surface area contributed by atoms with Crippen molar-refractivity contribution < 1.29 is 9.72 Å². The summed E-state index contributed by atoms with van der Waals surface area (Å²) >= 11 is 0. The summed E-state index contributed by atoms with van der Waals surface area (Å²) in [5.74, 6) is 0.369. The minimum Gasteiger partial charge on any atom is -0.326 e. The van der Waals surface area contributed by atoms with E-state index in [1.54, 1.807) is 37.4 Å². The number of aromatic nitrogens is 4. The van der Waals surface area contributed by atoms with Gasteiger partial charge in [0.2, 0.25) is 5.91 Å². The maximum atomic E-state index is 12.2. The van der Waals surface area contributed by atoms with E-state index in [9.17, 15) is 14.9 Å². The number of rotatable bonds is 5. The van der Waals surface area contributed by atoms with Gasteiger partial charge in [0.1, 0.15) is 0 Å². The Balaban J connectivity index is 1.69. The SMILES string of the molecule is Cn1nnnc1-c1cccc(NC(=O)Cc2ccc([N+](=O)[O-])cc2)c1. The Morgan fingerprint density at radius 1 is 1.24 bits per heavy atom. The maximum absolute atomic E-state index is 12.2. The molecular weight excluding hydrogens is 324 g/mol. The number of tetrazole rings is 1. The zero-order valence-corrected chi connectivity index (χ0v) is 13.3. The van der Waals surface area contributed by atoms with Crippen LogP contribution in [0, 0.1) is 10.1 Å². The van der Waals surface area contributed by atoms with Gasteiger partial charge in [-0.1, -0.05) is 24.3 Å². The molecule has 1 aromatic heterocycles. The summed E-state index contributed by atoms with van der Waals surface area (Å²) < 4.78 is 1.54. The van der Waals surface area contributed by atoms with Crippen molar-refractivity contribution in [3.63, 3.8) is 0 Å². The number of hydrogen-bond acceptors (Lipinski definition) is 6. The van der Waals surface area contributed by atoms with Crippen molar-refractivity contribution >= 4 is 17.3 Å². The van der Waals surface area contributed by atoms with Gasteiger partial charge in [-0.15, -0.1) is 5.10 Å². The van der Waals surface area contributed by atoms with Gasteiger partial charge in [0.25, 0.3) is 5.69 Å². The minimum atomic E-state index is -0.476. The molecule has 126 valence electrons. The van der Waals surface area contributed by atoms with E-state index in [1.165, 1.54) is 16.8 Å². The zero-order chi connectivity index (χ0) is 17.8. The molecule has 2 aromatic carbocycles. The molecule has 9 heteroatoms. The number of benzene rings is 2. The summed E-state index contributed by atoms with van der Waals surface area (Å²) in [4.78, 5) is 22.3. The predicted octanol–water partition coefficient (Wildman–Crippen LogP) is 1.97. The number of carbonyl (C=O) groups excluding carboxylic acids is 1. The molecule has 0 fully saturated rings. The zero-order valence-electron chi connectivity index (χ0n) is 13.3. The minimum absolute atomic E-state index is 0.00542. The van der Waals surface area contributed by atoms with Crippen molar-refractivity contribution in [1.29, 1.82) is 0 Å². The molecule has 0 aliphatic rings. The summed E-state index contributed by atoms with van der Waals surface area (Å²) in [7, 11) is 1.73. The van der Waals surface area contributed by atoms with Crippen LogP contribution in [0.4, 0.5) is 11.4 Å². The van der Waals surface area contributed by atoms with Crippen LogP contribution in [0.1, 0.15) is 5.56 Å². The van der Waals surface area contributed by atoms with Crippen LogP contribution in [0.5, 0.6) is 0 Å². The van der Waals surface area contributed by atoms with Crippen LogP contribution in [0.15, 0.2) is 48.5 Å². The first kappa shape index (κ1) is 16.2. The third-order valence-corrected chi connectivity index (χ3v) is 3.54. The lowest BCUT2D eigenvalue weighted by Crippen LogP contribution is -2.14. The Morgan fingerprint density at radius 2 is 2.00 bits per heavy atom. The van der Waals surface area contributed by atoms with E-state index in [0.717, 1.165) is 5.56 Å². The van der Waals surface area contributed by atoms with Crippen LogP contribution < -0.4 is 5.32 Å². The Labute approximate surface area is 142 Å². The number of nitrogens with zero attached hydrogens (tertiary/aromatic N) is 5. The van der Waals surface area contributed by atoms with Gasteiger partial charge in [-0.05, 0) is 28.1 Å². The predicted molar refractivity (Wildman–Crippen MR) is 89.7 cm³/mol. The molecule has 1 N–H and O–H groups in total. The fraction of sp³-hybridized carbons (Fsp3) is 0.125. The Morgan fingerprint density at radius 3 is 2.64 bits per heavy atom. The van der Waals surface area contributed by atoms with Gasteiger partial charge in [0.15, 0.2) is 5.82 Å². The fourth-order valence-corrected chi connectivity index (χ4v) is 2.34. The monoisotopic (exact) mass is 338 g/mol. The normalized spacial score (nSPS) is 10.4. The lowest BCUT2D eigenvalue weighted by Gasteiger charge is -2.07. The van der Waals surface area contributed by atoms with Crippen molar-refractivity contribution in [2.24, 2.45) is 7.05 Å². The second-order valence-corrected chi connectivity index (χ2v) is 5.36. The summed E-state index contributed by atoms with van der Waals surface area (Å²) in [6.07, 6.45) is 0.119. The molecule has 0 saturated heterocycles. The molecule has 0 aliphatic heterocycles. The van der Waals surface area contributed by atoms with E-state index in [4.69, 9.17) is 0 Å². The molecule has 1 amide bonds. The number of amides is 1. The highest BCUT2D eigenvalue weighted by Gasteiger charge is 2.10. The Bertz CT molecular complexity index is 920. The number of carbonyl (C=O) groups is 1. The molecule has 9 nitrogen and oxygen atoms in total. The molecule has 3 rings (SSSR count). The maximum Gasteiger partial charge on any atom is 0.269 e. The molecule has 0 radical (unpaired) electrons. The highest BCUT2D eigenvalue weighted by molar-refractivity contribution is 5.92. The topological polar surface area (TPSA) is 116 Å². The van der Waals surface area contributed by atoms with E-state index >= 15 is 0 Å². The van der Waals surface area contributed by atoms with Crippen molar-refractivity contribution in [1.82, 2.24) is 20.2 Å². The first-order valence-electron chi connectivity index (χ1n) is 7.39. The average Bonchev–Trinajstić information content (AvgIpc) is 3.01. The second-order valence-electron chi connectivity index (χ2n) is 5.36. The summed E-state index contributed by atoms with van der Waals surface area (Å²) in [5.41, 5.74) is 2.08. The second kappa shape index (κ2) is 6.87. The van der Waals surface area contributed by atoms with E-state index in [1.807, 2.05) is 6.07 Å². The molecule has 1 heterocycles. The van der Waals surface area contributed by atoms with Crippen LogP contribution in [0.25, 0.3) is 11.4 Å². The van der Waals surface area contributed by atoms with Gasteiger partial charge < -0.3 is 5.32 Å². The van der Waals surface area contributed by atoms with Crippen LogP contribution in [-0.4, -0.2) is 31.0 Å². The molecule has 0 atom stereocenters. The fourth-order valence-electron chi connectivity index (χ4n) is 2.34. The lowest BCUT2D eigenvalue weighted by atomic mass is 10.1. The smallest absolute Gasteiger partial charge is 0.269 e. The van der Waals surface area contributed by atoms with Crippen molar-refractivity contribution in [3.8, 4) is 11.4 Å². The number of nitro groups is 1. The standard InChI is InChI=1S/C16H14N6O3/c1-21-16(18-19-20-21)12-3-2-4-13(10-12)17-15(23)9-11-5-7-14(8-6-11)22(24)25/h2-8,10H,9H2,1H3,(H,17,23).